The number of H-pyrrole nitrogens is 1. The molecule has 2 aromatic rings. The standard InChI is InChI=1S/C12H15N5/c13-12-15-6-9-7-17(5-3-11(9)16-12)8-10-2-1-4-14-10/h1-2,4,6,14H,3,5,7-8H2,(H2,13,15,16). The van der Waals surface area contributed by atoms with E-state index in [4.69, 9.17) is 5.73 Å². The van der Waals surface area contributed by atoms with E-state index in [0.29, 0.717) is 5.95 Å². The van der Waals surface area contributed by atoms with Crippen LogP contribution in [0.25, 0.3) is 0 Å². The lowest BCUT2D eigenvalue weighted by Gasteiger charge is -2.27. The largest absolute Gasteiger partial charge is 0.368 e. The topological polar surface area (TPSA) is 70.8 Å². The second-order valence-electron chi connectivity index (χ2n) is 4.36. The van der Waals surface area contributed by atoms with Crippen molar-refractivity contribution in [2.45, 2.75) is 19.5 Å². The van der Waals surface area contributed by atoms with Gasteiger partial charge in [-0.15, -0.1) is 0 Å². The minimum atomic E-state index is 0.376. The van der Waals surface area contributed by atoms with Crippen LogP contribution in [0.1, 0.15) is 17.0 Å². The van der Waals surface area contributed by atoms with E-state index in [2.05, 4.69) is 25.9 Å². The van der Waals surface area contributed by atoms with Gasteiger partial charge >= 0.3 is 0 Å². The van der Waals surface area contributed by atoms with Crippen molar-refractivity contribution in [2.75, 3.05) is 12.3 Å². The summed E-state index contributed by atoms with van der Waals surface area (Å²) in [5.41, 5.74) is 9.12. The average molecular weight is 229 g/mol. The molecule has 1 aliphatic rings. The fourth-order valence-corrected chi connectivity index (χ4v) is 2.23. The third kappa shape index (κ3) is 2.14. The molecule has 0 unspecified atom stereocenters. The van der Waals surface area contributed by atoms with E-state index in [1.807, 2.05) is 18.5 Å². The van der Waals surface area contributed by atoms with Crippen molar-refractivity contribution in [1.82, 2.24) is 19.9 Å². The van der Waals surface area contributed by atoms with Gasteiger partial charge in [0.05, 0.1) is 5.69 Å². The van der Waals surface area contributed by atoms with E-state index in [1.165, 1.54) is 11.3 Å². The molecule has 0 saturated carbocycles. The molecule has 3 N–H and O–H groups in total. The van der Waals surface area contributed by atoms with Crippen LogP contribution in [0.3, 0.4) is 0 Å². The van der Waals surface area contributed by atoms with Crippen molar-refractivity contribution in [3.8, 4) is 0 Å². The Hall–Kier alpha value is -1.88. The molecule has 5 heteroatoms. The van der Waals surface area contributed by atoms with Gasteiger partial charge in [0.15, 0.2) is 0 Å². The van der Waals surface area contributed by atoms with Gasteiger partial charge in [0, 0.05) is 49.7 Å². The van der Waals surface area contributed by atoms with Gasteiger partial charge in [-0.2, -0.15) is 0 Å². The molecule has 3 heterocycles. The first-order valence-electron chi connectivity index (χ1n) is 5.76. The summed E-state index contributed by atoms with van der Waals surface area (Å²) in [5, 5.41) is 0. The van der Waals surface area contributed by atoms with Crippen molar-refractivity contribution >= 4 is 5.95 Å². The van der Waals surface area contributed by atoms with E-state index in [1.54, 1.807) is 0 Å². The zero-order valence-electron chi connectivity index (χ0n) is 9.56. The van der Waals surface area contributed by atoms with E-state index >= 15 is 0 Å². The Morgan fingerprint density at radius 2 is 2.41 bits per heavy atom. The summed E-state index contributed by atoms with van der Waals surface area (Å²) < 4.78 is 0. The van der Waals surface area contributed by atoms with E-state index in [9.17, 15) is 0 Å². The van der Waals surface area contributed by atoms with Gasteiger partial charge in [0.25, 0.3) is 0 Å². The fourth-order valence-electron chi connectivity index (χ4n) is 2.23. The van der Waals surface area contributed by atoms with Crippen molar-refractivity contribution < 1.29 is 0 Å². The number of nitrogens with one attached hydrogen (secondary N) is 1. The van der Waals surface area contributed by atoms with Gasteiger partial charge in [0.1, 0.15) is 0 Å². The monoisotopic (exact) mass is 229 g/mol. The van der Waals surface area contributed by atoms with Gasteiger partial charge in [0.2, 0.25) is 5.95 Å². The number of nitrogens with zero attached hydrogens (tertiary/aromatic N) is 3. The lowest BCUT2D eigenvalue weighted by Crippen LogP contribution is -2.31. The first kappa shape index (κ1) is 10.3. The molecule has 0 aliphatic carbocycles. The van der Waals surface area contributed by atoms with E-state index < -0.39 is 0 Å². The third-order valence-corrected chi connectivity index (χ3v) is 3.09. The summed E-state index contributed by atoms with van der Waals surface area (Å²) in [6.07, 6.45) is 4.75. The summed E-state index contributed by atoms with van der Waals surface area (Å²) in [6, 6.07) is 4.13. The van der Waals surface area contributed by atoms with Crippen LogP contribution in [-0.2, 0) is 19.5 Å². The number of nitrogens with two attached hydrogens (primary N) is 1. The highest BCUT2D eigenvalue weighted by Crippen LogP contribution is 2.18. The Kier molecular flexibility index (Phi) is 2.53. The average Bonchev–Trinajstić information content (AvgIpc) is 2.82. The van der Waals surface area contributed by atoms with Crippen LogP contribution in [0, 0.1) is 0 Å². The molecule has 1 aliphatic heterocycles. The first-order chi connectivity index (χ1) is 8.31. The number of fused-ring (bicyclic) bond motifs is 1. The zero-order chi connectivity index (χ0) is 11.7. The highest BCUT2D eigenvalue weighted by Gasteiger charge is 2.18. The molecule has 17 heavy (non-hydrogen) atoms. The van der Waals surface area contributed by atoms with Crippen LogP contribution < -0.4 is 5.73 Å². The summed E-state index contributed by atoms with van der Waals surface area (Å²) >= 11 is 0. The minimum Gasteiger partial charge on any atom is -0.368 e. The first-order valence-corrected chi connectivity index (χ1v) is 5.76. The van der Waals surface area contributed by atoms with Crippen LogP contribution in [0.15, 0.2) is 24.5 Å². The number of nitrogen functional groups attached to an aromatic ring is 1. The normalized spacial score (nSPS) is 15.8. The predicted molar refractivity (Wildman–Crippen MR) is 65.1 cm³/mol. The number of aromatic amines is 1. The number of hydrogen-bond acceptors (Lipinski definition) is 4. The van der Waals surface area contributed by atoms with Crippen LogP contribution in [0.4, 0.5) is 5.95 Å². The van der Waals surface area contributed by atoms with Crippen LogP contribution in [-0.4, -0.2) is 26.4 Å². The van der Waals surface area contributed by atoms with Crippen LogP contribution in [0.5, 0.6) is 0 Å². The van der Waals surface area contributed by atoms with Gasteiger partial charge in [-0.05, 0) is 12.1 Å². The van der Waals surface area contributed by atoms with Crippen LogP contribution >= 0.6 is 0 Å². The highest BCUT2D eigenvalue weighted by molar-refractivity contribution is 5.27. The molecular weight excluding hydrogens is 214 g/mol. The number of rotatable bonds is 2. The van der Waals surface area contributed by atoms with Crippen LogP contribution in [0.2, 0.25) is 0 Å². The Morgan fingerprint density at radius 3 is 3.24 bits per heavy atom. The quantitative estimate of drug-likeness (QED) is 0.804. The van der Waals surface area contributed by atoms with E-state index in [-0.39, 0.29) is 0 Å². The second-order valence-corrected chi connectivity index (χ2v) is 4.36. The van der Waals surface area contributed by atoms with Gasteiger partial charge < -0.3 is 10.7 Å². The zero-order valence-corrected chi connectivity index (χ0v) is 9.56. The minimum absolute atomic E-state index is 0.376. The molecule has 0 amide bonds. The molecule has 0 fully saturated rings. The molecule has 0 saturated heterocycles. The van der Waals surface area contributed by atoms with Gasteiger partial charge in [-0.25, -0.2) is 9.97 Å². The molecular formula is C12H15N5. The smallest absolute Gasteiger partial charge is 0.220 e. The Bertz CT molecular complexity index is 506. The molecule has 0 spiro atoms. The lowest BCUT2D eigenvalue weighted by atomic mass is 10.1. The maximum Gasteiger partial charge on any atom is 0.220 e. The summed E-state index contributed by atoms with van der Waals surface area (Å²) in [4.78, 5) is 13.9. The van der Waals surface area contributed by atoms with Crippen molar-refractivity contribution in [3.63, 3.8) is 0 Å². The third-order valence-electron chi connectivity index (χ3n) is 3.09. The van der Waals surface area contributed by atoms with Crippen molar-refractivity contribution in [1.29, 1.82) is 0 Å². The number of aromatic nitrogens is 3. The number of hydrogen-bond donors (Lipinski definition) is 2. The molecule has 0 atom stereocenters. The lowest BCUT2D eigenvalue weighted by molar-refractivity contribution is 0.240. The maximum absolute atomic E-state index is 5.59. The molecule has 2 aromatic heterocycles. The Morgan fingerprint density at radius 1 is 1.47 bits per heavy atom. The molecule has 0 radical (unpaired) electrons. The van der Waals surface area contributed by atoms with Gasteiger partial charge in [-0.1, -0.05) is 0 Å². The Balaban J connectivity index is 1.74. The number of anilines is 1. The highest BCUT2D eigenvalue weighted by atomic mass is 15.1. The molecule has 5 nitrogen and oxygen atoms in total. The van der Waals surface area contributed by atoms with E-state index in [0.717, 1.165) is 31.7 Å². The summed E-state index contributed by atoms with van der Waals surface area (Å²) in [5.74, 6) is 0.376. The summed E-state index contributed by atoms with van der Waals surface area (Å²) in [6.45, 7) is 2.86. The molecule has 88 valence electrons. The maximum atomic E-state index is 5.59. The Labute approximate surface area is 99.7 Å². The fraction of sp³-hybridized carbons (Fsp3) is 0.333. The van der Waals surface area contributed by atoms with Gasteiger partial charge in [-0.3, -0.25) is 4.90 Å². The SMILES string of the molecule is Nc1ncc2c(n1)CCN(Cc1ccc[nH]1)C2. The molecule has 3 rings (SSSR count). The van der Waals surface area contributed by atoms with Crippen molar-refractivity contribution in [2.24, 2.45) is 0 Å². The summed E-state index contributed by atoms with van der Waals surface area (Å²) in [7, 11) is 0. The predicted octanol–water partition coefficient (Wildman–Crippen LogP) is 0.945. The molecule has 0 aromatic carbocycles. The second kappa shape index (κ2) is 4.18. The molecule has 0 bridgehead atoms. The van der Waals surface area contributed by atoms with Crippen molar-refractivity contribution in [3.05, 3.63) is 41.5 Å².